The number of aliphatic hydroxyl groups is 1. The fourth-order valence-corrected chi connectivity index (χ4v) is 2.88. The monoisotopic (exact) mass is 276 g/mol. The number of nitrogens with one attached hydrogen (secondary N) is 1. The van der Waals surface area contributed by atoms with Crippen LogP contribution in [0.5, 0.6) is 0 Å². The molecule has 4 nitrogen and oxygen atoms in total. The largest absolute Gasteiger partial charge is 0.396 e. The topological polar surface area (TPSA) is 62.2 Å². The van der Waals surface area contributed by atoms with Gasteiger partial charge in [0.2, 0.25) is 5.91 Å². The predicted octanol–water partition coefficient (Wildman–Crippen LogP) is 2.07. The van der Waals surface area contributed by atoms with Crippen molar-refractivity contribution in [3.05, 3.63) is 30.1 Å². The summed E-state index contributed by atoms with van der Waals surface area (Å²) in [4.78, 5) is 16.0. The molecule has 1 fully saturated rings. The van der Waals surface area contributed by atoms with Gasteiger partial charge in [0, 0.05) is 37.4 Å². The number of hydrogen-bond acceptors (Lipinski definition) is 3. The van der Waals surface area contributed by atoms with Gasteiger partial charge in [0.15, 0.2) is 0 Å². The standard InChI is InChI=1S/C16H24N2O2/c19-12-14-4-2-1-3-5-15(14)18-16(20)7-6-13-8-10-17-11-9-13/h8-11,14-15,19H,1-7,12H2,(H,18,20). The number of aliphatic hydroxyl groups excluding tert-OH is 1. The molecule has 1 saturated carbocycles. The molecule has 1 heterocycles. The van der Waals surface area contributed by atoms with Crippen molar-refractivity contribution in [2.45, 2.75) is 51.0 Å². The second-order valence-corrected chi connectivity index (χ2v) is 5.61. The molecule has 0 saturated heterocycles. The molecule has 1 aromatic rings. The molecule has 2 rings (SSSR count). The third-order valence-electron chi connectivity index (χ3n) is 4.13. The first-order valence-electron chi connectivity index (χ1n) is 7.58. The number of carbonyl (C=O) groups excluding carboxylic acids is 1. The number of hydrogen-bond donors (Lipinski definition) is 2. The zero-order valence-corrected chi connectivity index (χ0v) is 11.9. The van der Waals surface area contributed by atoms with E-state index in [1.54, 1.807) is 12.4 Å². The van der Waals surface area contributed by atoms with E-state index in [1.165, 1.54) is 6.42 Å². The van der Waals surface area contributed by atoms with Crippen LogP contribution in [0.3, 0.4) is 0 Å². The minimum Gasteiger partial charge on any atom is -0.396 e. The average Bonchev–Trinajstić information content (AvgIpc) is 2.71. The third kappa shape index (κ3) is 4.60. The lowest BCUT2D eigenvalue weighted by Crippen LogP contribution is -2.41. The van der Waals surface area contributed by atoms with Crippen LogP contribution >= 0.6 is 0 Å². The van der Waals surface area contributed by atoms with Crippen molar-refractivity contribution < 1.29 is 9.90 Å². The summed E-state index contributed by atoms with van der Waals surface area (Å²) in [5.41, 5.74) is 1.13. The Balaban J connectivity index is 1.80. The number of amides is 1. The molecule has 0 radical (unpaired) electrons. The quantitative estimate of drug-likeness (QED) is 0.809. The van der Waals surface area contributed by atoms with Crippen molar-refractivity contribution >= 4 is 5.91 Å². The van der Waals surface area contributed by atoms with Gasteiger partial charge in [-0.2, -0.15) is 0 Å². The van der Waals surface area contributed by atoms with Crippen LogP contribution in [0, 0.1) is 5.92 Å². The number of aryl methyl sites for hydroxylation is 1. The highest BCUT2D eigenvalue weighted by molar-refractivity contribution is 5.76. The molecule has 20 heavy (non-hydrogen) atoms. The first-order chi connectivity index (χ1) is 9.79. The van der Waals surface area contributed by atoms with Gasteiger partial charge in [0.25, 0.3) is 0 Å². The van der Waals surface area contributed by atoms with Gasteiger partial charge in [-0.25, -0.2) is 0 Å². The van der Waals surface area contributed by atoms with Crippen molar-refractivity contribution in [3.63, 3.8) is 0 Å². The van der Waals surface area contributed by atoms with Gasteiger partial charge in [-0.1, -0.05) is 19.3 Å². The van der Waals surface area contributed by atoms with E-state index in [0.29, 0.717) is 6.42 Å². The maximum absolute atomic E-state index is 12.0. The van der Waals surface area contributed by atoms with Crippen LogP contribution < -0.4 is 5.32 Å². The van der Waals surface area contributed by atoms with Crippen molar-refractivity contribution in [1.82, 2.24) is 10.3 Å². The Hall–Kier alpha value is -1.42. The van der Waals surface area contributed by atoms with Crippen LogP contribution in [0.25, 0.3) is 0 Å². The molecule has 0 spiro atoms. The molecule has 2 atom stereocenters. The SMILES string of the molecule is O=C(CCc1ccncc1)NC1CCCCCC1CO. The summed E-state index contributed by atoms with van der Waals surface area (Å²) < 4.78 is 0. The zero-order valence-electron chi connectivity index (χ0n) is 11.9. The zero-order chi connectivity index (χ0) is 14.2. The van der Waals surface area contributed by atoms with Gasteiger partial charge in [0.05, 0.1) is 0 Å². The summed E-state index contributed by atoms with van der Waals surface area (Å²) in [5, 5.41) is 12.6. The summed E-state index contributed by atoms with van der Waals surface area (Å²) in [6.45, 7) is 0.176. The average molecular weight is 276 g/mol. The van der Waals surface area contributed by atoms with Crippen LogP contribution in [-0.4, -0.2) is 28.6 Å². The number of carbonyl (C=O) groups is 1. The van der Waals surface area contributed by atoms with E-state index in [1.807, 2.05) is 12.1 Å². The maximum Gasteiger partial charge on any atom is 0.220 e. The Morgan fingerprint density at radius 3 is 2.75 bits per heavy atom. The molecule has 0 aromatic carbocycles. The van der Waals surface area contributed by atoms with E-state index in [-0.39, 0.29) is 24.5 Å². The van der Waals surface area contributed by atoms with E-state index in [0.717, 1.165) is 37.7 Å². The summed E-state index contributed by atoms with van der Waals surface area (Å²) >= 11 is 0. The first-order valence-corrected chi connectivity index (χ1v) is 7.58. The van der Waals surface area contributed by atoms with Crippen molar-refractivity contribution in [1.29, 1.82) is 0 Å². The Morgan fingerprint density at radius 1 is 1.25 bits per heavy atom. The molecule has 2 N–H and O–H groups in total. The fraction of sp³-hybridized carbons (Fsp3) is 0.625. The predicted molar refractivity (Wildman–Crippen MR) is 78.1 cm³/mol. The number of rotatable bonds is 5. The van der Waals surface area contributed by atoms with Crippen LogP contribution in [0.2, 0.25) is 0 Å². The third-order valence-corrected chi connectivity index (χ3v) is 4.13. The maximum atomic E-state index is 12.0. The Labute approximate surface area is 120 Å². The lowest BCUT2D eigenvalue weighted by Gasteiger charge is -2.24. The summed E-state index contributed by atoms with van der Waals surface area (Å²) in [6, 6.07) is 4.03. The molecule has 1 aliphatic carbocycles. The molecule has 1 aliphatic rings. The fourth-order valence-electron chi connectivity index (χ4n) is 2.88. The van der Waals surface area contributed by atoms with E-state index in [2.05, 4.69) is 10.3 Å². The van der Waals surface area contributed by atoms with Gasteiger partial charge in [-0.05, 0) is 37.0 Å². The second-order valence-electron chi connectivity index (χ2n) is 5.61. The minimum atomic E-state index is 0.0900. The molecule has 1 aromatic heterocycles. The number of aromatic nitrogens is 1. The highest BCUT2D eigenvalue weighted by Gasteiger charge is 2.24. The molecular formula is C16H24N2O2. The molecule has 0 aliphatic heterocycles. The molecule has 4 heteroatoms. The van der Waals surface area contributed by atoms with Gasteiger partial charge in [0.1, 0.15) is 0 Å². The van der Waals surface area contributed by atoms with Crippen LogP contribution in [0.1, 0.15) is 44.1 Å². The molecule has 0 bridgehead atoms. The van der Waals surface area contributed by atoms with Crippen LogP contribution in [0.15, 0.2) is 24.5 Å². The van der Waals surface area contributed by atoms with Gasteiger partial charge in [-0.3, -0.25) is 9.78 Å². The Bertz CT molecular complexity index is 408. The van der Waals surface area contributed by atoms with Crippen molar-refractivity contribution in [2.24, 2.45) is 5.92 Å². The van der Waals surface area contributed by atoms with E-state index in [9.17, 15) is 9.90 Å². The van der Waals surface area contributed by atoms with Gasteiger partial charge >= 0.3 is 0 Å². The minimum absolute atomic E-state index is 0.0900. The van der Waals surface area contributed by atoms with E-state index in [4.69, 9.17) is 0 Å². The summed E-state index contributed by atoms with van der Waals surface area (Å²) in [6.07, 6.45) is 10.3. The lowest BCUT2D eigenvalue weighted by atomic mass is 9.95. The lowest BCUT2D eigenvalue weighted by molar-refractivity contribution is -0.122. The number of nitrogens with zero attached hydrogens (tertiary/aromatic N) is 1. The number of pyridine rings is 1. The normalized spacial score (nSPS) is 23.1. The van der Waals surface area contributed by atoms with Crippen molar-refractivity contribution in [3.8, 4) is 0 Å². The summed E-state index contributed by atoms with van der Waals surface area (Å²) in [7, 11) is 0. The Kier molecular flexibility index (Phi) is 5.99. The molecule has 1 amide bonds. The van der Waals surface area contributed by atoms with Crippen LogP contribution in [0.4, 0.5) is 0 Å². The van der Waals surface area contributed by atoms with Crippen LogP contribution in [-0.2, 0) is 11.2 Å². The highest BCUT2D eigenvalue weighted by atomic mass is 16.3. The molecular weight excluding hydrogens is 252 g/mol. The van der Waals surface area contributed by atoms with Crippen molar-refractivity contribution in [2.75, 3.05) is 6.61 Å². The van der Waals surface area contributed by atoms with Gasteiger partial charge in [-0.15, -0.1) is 0 Å². The molecule has 2 unspecified atom stereocenters. The summed E-state index contributed by atoms with van der Waals surface area (Å²) in [5.74, 6) is 0.314. The molecule has 110 valence electrons. The van der Waals surface area contributed by atoms with E-state index < -0.39 is 0 Å². The van der Waals surface area contributed by atoms with Gasteiger partial charge < -0.3 is 10.4 Å². The van der Waals surface area contributed by atoms with E-state index >= 15 is 0 Å². The highest BCUT2D eigenvalue weighted by Crippen LogP contribution is 2.23. The Morgan fingerprint density at radius 2 is 2.00 bits per heavy atom. The first kappa shape index (κ1) is 15.0. The second kappa shape index (κ2) is 8.00. The smallest absolute Gasteiger partial charge is 0.220 e.